The van der Waals surface area contributed by atoms with Crippen molar-refractivity contribution in [3.63, 3.8) is 0 Å². The van der Waals surface area contributed by atoms with Crippen molar-refractivity contribution in [2.75, 3.05) is 0 Å². The van der Waals surface area contributed by atoms with Crippen LogP contribution >= 0.6 is 11.3 Å². The van der Waals surface area contributed by atoms with Crippen molar-refractivity contribution in [3.05, 3.63) is 45.3 Å². The van der Waals surface area contributed by atoms with E-state index in [4.69, 9.17) is 0 Å². The van der Waals surface area contributed by atoms with E-state index < -0.39 is 0 Å². The van der Waals surface area contributed by atoms with Gasteiger partial charge in [-0.3, -0.25) is 9.13 Å². The number of hydrogen-bond donors (Lipinski definition) is 0. The van der Waals surface area contributed by atoms with Gasteiger partial charge in [0.1, 0.15) is 0 Å². The molecule has 3 rings (SSSR count). The zero-order valence-electron chi connectivity index (χ0n) is 8.30. The summed E-state index contributed by atoms with van der Waals surface area (Å²) in [5.74, 6) is 0. The molecule has 0 saturated heterocycles. The lowest BCUT2D eigenvalue weighted by Gasteiger charge is -1.98. The summed E-state index contributed by atoms with van der Waals surface area (Å²) in [6.45, 7) is 0.696. The highest BCUT2D eigenvalue weighted by atomic mass is 32.1. The molecule has 1 aliphatic rings. The maximum atomic E-state index is 11.9. The lowest BCUT2D eigenvalue weighted by atomic mass is 10.3. The number of nitrogens with zero attached hydrogens (tertiary/aromatic N) is 2. The molecule has 4 heteroatoms. The lowest BCUT2D eigenvalue weighted by Crippen LogP contribution is -2.23. The molecule has 0 amide bonds. The van der Waals surface area contributed by atoms with Crippen molar-refractivity contribution in [1.29, 1.82) is 0 Å². The molecule has 78 valence electrons. The number of aromatic nitrogens is 2. The van der Waals surface area contributed by atoms with Gasteiger partial charge in [-0.05, 0) is 35.2 Å². The van der Waals surface area contributed by atoms with Gasteiger partial charge >= 0.3 is 5.69 Å². The summed E-state index contributed by atoms with van der Waals surface area (Å²) in [5.41, 5.74) is 1.33. The molecule has 3 nitrogen and oxygen atoms in total. The molecule has 0 N–H and O–H groups in total. The molecule has 0 unspecified atom stereocenters. The van der Waals surface area contributed by atoms with Gasteiger partial charge < -0.3 is 0 Å². The Balaban J connectivity index is 1.89. The van der Waals surface area contributed by atoms with Crippen molar-refractivity contribution in [2.45, 2.75) is 25.4 Å². The van der Waals surface area contributed by atoms with Gasteiger partial charge in [-0.15, -0.1) is 0 Å². The predicted octanol–water partition coefficient (Wildman–Crippen LogP) is 2.09. The average Bonchev–Trinajstić information content (AvgIpc) is 2.83. The highest BCUT2D eigenvalue weighted by Gasteiger charge is 2.25. The second-order valence-electron chi connectivity index (χ2n) is 3.98. The molecule has 0 bridgehead atoms. The minimum absolute atomic E-state index is 0.128. The second kappa shape index (κ2) is 3.38. The Labute approximate surface area is 91.6 Å². The van der Waals surface area contributed by atoms with Crippen molar-refractivity contribution >= 4 is 11.3 Å². The van der Waals surface area contributed by atoms with Crippen molar-refractivity contribution < 1.29 is 0 Å². The molecule has 0 aliphatic heterocycles. The van der Waals surface area contributed by atoms with E-state index in [-0.39, 0.29) is 5.69 Å². The highest BCUT2D eigenvalue weighted by Crippen LogP contribution is 2.33. The largest absolute Gasteiger partial charge is 0.328 e. The first-order chi connectivity index (χ1) is 7.34. The van der Waals surface area contributed by atoms with E-state index in [1.807, 2.05) is 22.3 Å². The van der Waals surface area contributed by atoms with Gasteiger partial charge in [-0.25, -0.2) is 4.79 Å². The van der Waals surface area contributed by atoms with Crippen molar-refractivity contribution in [1.82, 2.24) is 9.13 Å². The smallest absolute Gasteiger partial charge is 0.296 e. The van der Waals surface area contributed by atoms with Crippen LogP contribution in [0.25, 0.3) is 0 Å². The molecule has 1 saturated carbocycles. The molecule has 15 heavy (non-hydrogen) atoms. The lowest BCUT2D eigenvalue weighted by molar-refractivity contribution is 0.657. The van der Waals surface area contributed by atoms with E-state index in [1.54, 1.807) is 15.9 Å². The molecule has 1 fully saturated rings. The standard InChI is InChI=1S/C11H12N2OS/c14-11-12(7-9-3-6-15-8-9)4-5-13(11)10-1-2-10/h3-6,8,10H,1-2,7H2. The summed E-state index contributed by atoms with van der Waals surface area (Å²) in [6.07, 6.45) is 6.11. The molecule has 2 heterocycles. The zero-order valence-corrected chi connectivity index (χ0v) is 9.11. The fourth-order valence-electron chi connectivity index (χ4n) is 1.76. The number of rotatable bonds is 3. The van der Waals surface area contributed by atoms with Gasteiger partial charge in [-0.1, -0.05) is 0 Å². The van der Waals surface area contributed by atoms with Gasteiger partial charge in [0.15, 0.2) is 0 Å². The van der Waals surface area contributed by atoms with Crippen molar-refractivity contribution in [3.8, 4) is 0 Å². The Morgan fingerprint density at radius 3 is 2.93 bits per heavy atom. The minimum Gasteiger partial charge on any atom is -0.296 e. The SMILES string of the molecule is O=c1n(Cc2ccsc2)ccn1C1CC1. The summed E-state index contributed by atoms with van der Waals surface area (Å²) in [5, 5.41) is 4.12. The van der Waals surface area contributed by atoms with Crippen LogP contribution in [0.5, 0.6) is 0 Å². The normalized spacial score (nSPS) is 15.7. The maximum Gasteiger partial charge on any atom is 0.328 e. The number of thiophene rings is 1. The fraction of sp³-hybridized carbons (Fsp3) is 0.364. The molecule has 0 spiro atoms. The molecule has 0 aromatic carbocycles. The molecule has 2 aromatic rings. The van der Waals surface area contributed by atoms with Gasteiger partial charge in [0.2, 0.25) is 0 Å². The van der Waals surface area contributed by atoms with E-state index in [0.29, 0.717) is 12.6 Å². The molecule has 0 atom stereocenters. The Hall–Kier alpha value is -1.29. The van der Waals surface area contributed by atoms with E-state index in [9.17, 15) is 4.79 Å². The summed E-state index contributed by atoms with van der Waals surface area (Å²) in [7, 11) is 0. The monoisotopic (exact) mass is 220 g/mol. The number of hydrogen-bond acceptors (Lipinski definition) is 2. The molecule has 1 aliphatic carbocycles. The third-order valence-corrected chi connectivity index (χ3v) is 3.48. The number of imidazole rings is 1. The topological polar surface area (TPSA) is 26.9 Å². The Morgan fingerprint density at radius 1 is 1.40 bits per heavy atom. The van der Waals surface area contributed by atoms with Crippen LogP contribution in [0.1, 0.15) is 24.4 Å². The Morgan fingerprint density at radius 2 is 2.27 bits per heavy atom. The summed E-state index contributed by atoms with van der Waals surface area (Å²) < 4.78 is 3.63. The zero-order chi connectivity index (χ0) is 10.3. The average molecular weight is 220 g/mol. The molecule has 0 radical (unpaired) electrons. The first-order valence-corrected chi connectivity index (χ1v) is 6.07. The Bertz CT molecular complexity index is 505. The third kappa shape index (κ3) is 1.65. The van der Waals surface area contributed by atoms with Gasteiger partial charge in [0.25, 0.3) is 0 Å². The third-order valence-electron chi connectivity index (χ3n) is 2.75. The summed E-state index contributed by atoms with van der Waals surface area (Å²) in [4.78, 5) is 11.9. The van der Waals surface area contributed by atoms with E-state index in [0.717, 1.165) is 12.8 Å². The predicted molar refractivity (Wildman–Crippen MR) is 60.4 cm³/mol. The summed E-state index contributed by atoms with van der Waals surface area (Å²) in [6, 6.07) is 2.53. The van der Waals surface area contributed by atoms with Crippen LogP contribution in [0.3, 0.4) is 0 Å². The van der Waals surface area contributed by atoms with Gasteiger partial charge in [0, 0.05) is 18.4 Å². The van der Waals surface area contributed by atoms with Crippen LogP contribution in [0, 0.1) is 0 Å². The van der Waals surface area contributed by atoms with Crippen LogP contribution in [0.2, 0.25) is 0 Å². The van der Waals surface area contributed by atoms with Gasteiger partial charge in [-0.2, -0.15) is 11.3 Å². The van der Waals surface area contributed by atoms with Crippen LogP contribution in [-0.4, -0.2) is 9.13 Å². The molecule has 2 aromatic heterocycles. The fourth-order valence-corrected chi connectivity index (χ4v) is 2.42. The van der Waals surface area contributed by atoms with E-state index >= 15 is 0 Å². The van der Waals surface area contributed by atoms with Crippen LogP contribution in [0.15, 0.2) is 34.0 Å². The van der Waals surface area contributed by atoms with E-state index in [2.05, 4.69) is 11.4 Å². The quantitative estimate of drug-likeness (QED) is 0.778. The molecular formula is C11H12N2OS. The maximum absolute atomic E-state index is 11.9. The van der Waals surface area contributed by atoms with Crippen LogP contribution in [-0.2, 0) is 6.54 Å². The van der Waals surface area contributed by atoms with Gasteiger partial charge in [0.05, 0.1) is 6.54 Å². The van der Waals surface area contributed by atoms with Crippen molar-refractivity contribution in [2.24, 2.45) is 0 Å². The minimum atomic E-state index is 0.128. The van der Waals surface area contributed by atoms with Crippen LogP contribution < -0.4 is 5.69 Å². The first-order valence-electron chi connectivity index (χ1n) is 5.13. The highest BCUT2D eigenvalue weighted by molar-refractivity contribution is 7.07. The first kappa shape index (κ1) is 8.97. The van der Waals surface area contributed by atoms with E-state index in [1.165, 1.54) is 5.56 Å². The molecular weight excluding hydrogens is 208 g/mol. The Kier molecular flexibility index (Phi) is 2.02. The van der Waals surface area contributed by atoms with Crippen LogP contribution in [0.4, 0.5) is 0 Å². The second-order valence-corrected chi connectivity index (χ2v) is 4.76. The summed E-state index contributed by atoms with van der Waals surface area (Å²) >= 11 is 1.67.